The topological polar surface area (TPSA) is 66.8 Å². The minimum Gasteiger partial charge on any atom is -0.481 e. The Morgan fingerprint density at radius 2 is 2.22 bits per heavy atom. The maximum atomic E-state index is 12.5. The second kappa shape index (κ2) is 3.15. The minimum atomic E-state index is -0.944. The molecule has 0 aromatic rings. The van der Waals surface area contributed by atoms with Crippen LogP contribution >= 0.6 is 0 Å². The maximum Gasteiger partial charge on any atom is 0.310 e. The summed E-state index contributed by atoms with van der Waals surface area (Å²) in [7, 11) is 0. The summed E-state index contributed by atoms with van der Waals surface area (Å²) in [6.07, 6.45) is 3.22. The number of carbonyl (C=O) groups excluding carboxylic acids is 1. The van der Waals surface area contributed by atoms with E-state index in [0.717, 1.165) is 0 Å². The Morgan fingerprint density at radius 3 is 2.78 bits per heavy atom. The van der Waals surface area contributed by atoms with Crippen LogP contribution in [0, 0.1) is 11.8 Å². The van der Waals surface area contributed by atoms with E-state index in [0.29, 0.717) is 6.54 Å². The van der Waals surface area contributed by atoms with E-state index in [-0.39, 0.29) is 11.4 Å². The lowest BCUT2D eigenvalue weighted by Gasteiger charge is -2.33. The van der Waals surface area contributed by atoms with Crippen molar-refractivity contribution in [2.45, 2.75) is 38.0 Å². The molecule has 3 aliphatic rings. The summed E-state index contributed by atoms with van der Waals surface area (Å²) in [5, 5.41) is 9.30. The molecule has 98 valence electrons. The first-order valence-electron chi connectivity index (χ1n) is 6.18. The number of nitrogens with zero attached hydrogens (tertiary/aromatic N) is 1. The number of hydrogen-bond acceptors (Lipinski definition) is 3. The summed E-state index contributed by atoms with van der Waals surface area (Å²) < 4.78 is 5.80. The average molecular weight is 251 g/mol. The van der Waals surface area contributed by atoms with Crippen LogP contribution in [0.3, 0.4) is 0 Å². The van der Waals surface area contributed by atoms with Gasteiger partial charge in [0.15, 0.2) is 0 Å². The number of likely N-dealkylation sites (tertiary alicyclic amines) is 1. The molecule has 0 radical (unpaired) electrons. The van der Waals surface area contributed by atoms with Gasteiger partial charge in [-0.15, -0.1) is 0 Å². The van der Waals surface area contributed by atoms with E-state index in [1.54, 1.807) is 11.0 Å². The van der Waals surface area contributed by atoms with Crippen LogP contribution in [0.1, 0.15) is 20.8 Å². The third-order valence-electron chi connectivity index (χ3n) is 4.20. The third-order valence-corrected chi connectivity index (χ3v) is 4.20. The van der Waals surface area contributed by atoms with Crippen molar-refractivity contribution in [2.75, 3.05) is 6.54 Å². The fraction of sp³-hybridized carbons (Fsp3) is 0.692. The first-order chi connectivity index (χ1) is 8.26. The predicted octanol–water partition coefficient (Wildman–Crippen LogP) is 0.651. The number of ether oxygens (including phenoxy) is 1. The van der Waals surface area contributed by atoms with E-state index < -0.39 is 29.5 Å². The van der Waals surface area contributed by atoms with E-state index in [1.165, 1.54) is 0 Å². The summed E-state index contributed by atoms with van der Waals surface area (Å²) in [6, 6.07) is 0. The number of fused-ring (bicyclic) bond motifs is 1. The Hall–Kier alpha value is -1.36. The van der Waals surface area contributed by atoms with Crippen LogP contribution < -0.4 is 0 Å². The van der Waals surface area contributed by atoms with E-state index in [2.05, 4.69) is 0 Å². The Kier molecular flexibility index (Phi) is 2.05. The molecule has 0 aromatic carbocycles. The van der Waals surface area contributed by atoms with Crippen LogP contribution in [-0.4, -0.2) is 45.7 Å². The van der Waals surface area contributed by atoms with Crippen molar-refractivity contribution in [2.24, 2.45) is 11.8 Å². The first-order valence-corrected chi connectivity index (χ1v) is 6.18. The lowest BCUT2D eigenvalue weighted by Crippen LogP contribution is -2.45. The van der Waals surface area contributed by atoms with Crippen LogP contribution in [-0.2, 0) is 14.3 Å². The molecule has 0 aromatic heterocycles. The second-order valence-corrected chi connectivity index (χ2v) is 6.33. The van der Waals surface area contributed by atoms with Gasteiger partial charge in [-0.3, -0.25) is 9.59 Å². The number of carboxylic acid groups (broad SMARTS) is 1. The highest BCUT2D eigenvalue weighted by atomic mass is 16.5. The van der Waals surface area contributed by atoms with Gasteiger partial charge in [0.25, 0.3) is 0 Å². The fourth-order valence-electron chi connectivity index (χ4n) is 3.35. The number of hydrogen-bond donors (Lipinski definition) is 1. The Labute approximate surface area is 105 Å². The van der Waals surface area contributed by atoms with Crippen LogP contribution in [0.15, 0.2) is 12.2 Å². The van der Waals surface area contributed by atoms with Gasteiger partial charge in [-0.2, -0.15) is 0 Å². The zero-order valence-corrected chi connectivity index (χ0v) is 10.7. The van der Waals surface area contributed by atoms with Gasteiger partial charge in [0.05, 0.1) is 18.6 Å². The monoisotopic (exact) mass is 251 g/mol. The molecule has 1 amide bonds. The van der Waals surface area contributed by atoms with Gasteiger partial charge >= 0.3 is 5.97 Å². The molecule has 5 nitrogen and oxygen atoms in total. The molecule has 3 aliphatic heterocycles. The molecule has 2 fully saturated rings. The molecule has 5 heteroatoms. The van der Waals surface area contributed by atoms with E-state index in [9.17, 15) is 14.7 Å². The Bertz CT molecular complexity index is 464. The van der Waals surface area contributed by atoms with Gasteiger partial charge in [-0.25, -0.2) is 0 Å². The quantitative estimate of drug-likeness (QED) is 0.695. The molecular weight excluding hydrogens is 234 g/mol. The van der Waals surface area contributed by atoms with Gasteiger partial charge in [-0.1, -0.05) is 12.2 Å². The van der Waals surface area contributed by atoms with Crippen molar-refractivity contribution in [3.63, 3.8) is 0 Å². The molecule has 0 unspecified atom stereocenters. The molecule has 3 rings (SSSR count). The standard InChI is InChI=1S/C13H17NO4/c1-12(2,3)14-6-13-5-4-7(18-13)8(11(16)17)9(13)10(14)15/h4-5,7-9H,6H2,1-3H3,(H,16,17)/t7-,8-,9+,13-/m1/s1. The zero-order valence-electron chi connectivity index (χ0n) is 10.7. The highest BCUT2D eigenvalue weighted by molar-refractivity contribution is 5.91. The molecule has 1 spiro atoms. The lowest BCUT2D eigenvalue weighted by atomic mass is 9.77. The third kappa shape index (κ3) is 1.25. The first kappa shape index (κ1) is 11.7. The van der Waals surface area contributed by atoms with Crippen molar-refractivity contribution in [3.8, 4) is 0 Å². The van der Waals surface area contributed by atoms with Crippen LogP contribution in [0.25, 0.3) is 0 Å². The SMILES string of the molecule is CC(C)(C)N1C[C@@]23C=C[C@@H](O2)[C@@H](C(=O)O)[C@H]3C1=O. The number of carboxylic acids is 1. The van der Waals surface area contributed by atoms with Gasteiger partial charge in [0.1, 0.15) is 11.5 Å². The zero-order chi connectivity index (χ0) is 13.3. The second-order valence-electron chi connectivity index (χ2n) is 6.33. The van der Waals surface area contributed by atoms with Crippen molar-refractivity contribution in [1.82, 2.24) is 4.90 Å². The summed E-state index contributed by atoms with van der Waals surface area (Å²) in [5.74, 6) is -2.35. The molecule has 2 bridgehead atoms. The van der Waals surface area contributed by atoms with E-state index in [1.807, 2.05) is 26.8 Å². The van der Waals surface area contributed by atoms with Crippen LogP contribution in [0.4, 0.5) is 0 Å². The number of amides is 1. The largest absolute Gasteiger partial charge is 0.481 e. The average Bonchev–Trinajstić information content (AvgIpc) is 2.85. The number of aliphatic carboxylic acids is 1. The highest BCUT2D eigenvalue weighted by Gasteiger charge is 2.67. The van der Waals surface area contributed by atoms with Crippen LogP contribution in [0.5, 0.6) is 0 Å². The molecule has 0 aliphatic carbocycles. The molecule has 18 heavy (non-hydrogen) atoms. The summed E-state index contributed by atoms with van der Waals surface area (Å²) >= 11 is 0. The van der Waals surface area contributed by atoms with Crippen molar-refractivity contribution in [1.29, 1.82) is 0 Å². The van der Waals surface area contributed by atoms with E-state index >= 15 is 0 Å². The Balaban J connectivity index is 2.02. The van der Waals surface area contributed by atoms with Gasteiger partial charge in [0, 0.05) is 5.54 Å². The van der Waals surface area contributed by atoms with Gasteiger partial charge < -0.3 is 14.7 Å². The fourth-order valence-corrected chi connectivity index (χ4v) is 3.35. The number of carbonyl (C=O) groups is 2. The summed E-state index contributed by atoms with van der Waals surface area (Å²) in [4.78, 5) is 25.6. The minimum absolute atomic E-state index is 0.0956. The lowest BCUT2D eigenvalue weighted by molar-refractivity contribution is -0.149. The molecule has 4 atom stereocenters. The van der Waals surface area contributed by atoms with Crippen LogP contribution in [0.2, 0.25) is 0 Å². The van der Waals surface area contributed by atoms with Gasteiger partial charge in [-0.05, 0) is 20.8 Å². The molecular formula is C13H17NO4. The van der Waals surface area contributed by atoms with Crippen molar-refractivity contribution < 1.29 is 19.4 Å². The van der Waals surface area contributed by atoms with E-state index in [4.69, 9.17) is 4.74 Å². The molecule has 0 saturated carbocycles. The predicted molar refractivity (Wildman–Crippen MR) is 62.8 cm³/mol. The molecule has 2 saturated heterocycles. The van der Waals surface area contributed by atoms with Gasteiger partial charge in [0.2, 0.25) is 5.91 Å². The molecule has 3 heterocycles. The smallest absolute Gasteiger partial charge is 0.310 e. The maximum absolute atomic E-state index is 12.5. The summed E-state index contributed by atoms with van der Waals surface area (Å²) in [6.45, 7) is 6.31. The molecule has 1 N–H and O–H groups in total. The number of rotatable bonds is 1. The summed E-state index contributed by atoms with van der Waals surface area (Å²) in [5.41, 5.74) is -1.02. The Morgan fingerprint density at radius 1 is 1.56 bits per heavy atom. The normalized spacial score (nSPS) is 41.6. The van der Waals surface area contributed by atoms with Crippen molar-refractivity contribution >= 4 is 11.9 Å². The highest BCUT2D eigenvalue weighted by Crippen LogP contribution is 2.52. The van der Waals surface area contributed by atoms with Crippen molar-refractivity contribution in [3.05, 3.63) is 12.2 Å².